The quantitative estimate of drug-likeness (QED) is 0.526. The van der Waals surface area contributed by atoms with E-state index in [4.69, 9.17) is 9.72 Å². The first-order valence-corrected chi connectivity index (χ1v) is 11.0. The Balaban J connectivity index is 1.57. The molecule has 1 amide bonds. The van der Waals surface area contributed by atoms with Crippen molar-refractivity contribution in [3.05, 3.63) is 58.1 Å². The molecule has 1 N–H and O–H groups in total. The largest absolute Gasteiger partial charge is 0.496 e. The molecule has 156 valence electrons. The predicted octanol–water partition coefficient (Wildman–Crippen LogP) is 5.80. The van der Waals surface area contributed by atoms with Gasteiger partial charge in [-0.1, -0.05) is 6.92 Å². The standard InChI is InChI=1S/C24H26BrN3O2/c1-15-8-10-28(11-9-15)23-12-16(2)19-14-18(5-7-21(19)27-23)26-24(29)17-4-6-20(25)22(13-17)30-3/h4-7,12-15H,8-11H2,1-3H3,(H,26,29). The lowest BCUT2D eigenvalue weighted by atomic mass is 9.99. The molecule has 0 saturated carbocycles. The van der Waals surface area contributed by atoms with Gasteiger partial charge in [-0.15, -0.1) is 0 Å². The zero-order valence-electron chi connectivity index (χ0n) is 17.5. The number of rotatable bonds is 4. The van der Waals surface area contributed by atoms with Gasteiger partial charge in [0.1, 0.15) is 11.6 Å². The molecule has 1 aliphatic rings. The minimum atomic E-state index is -0.176. The number of halogens is 1. The number of nitrogens with zero attached hydrogens (tertiary/aromatic N) is 2. The van der Waals surface area contributed by atoms with E-state index < -0.39 is 0 Å². The fourth-order valence-corrected chi connectivity index (χ4v) is 4.27. The van der Waals surface area contributed by atoms with Crippen LogP contribution in [-0.2, 0) is 0 Å². The molecule has 6 heteroatoms. The van der Waals surface area contributed by atoms with Gasteiger partial charge in [-0.2, -0.15) is 0 Å². The number of anilines is 2. The van der Waals surface area contributed by atoms with Gasteiger partial charge in [0.15, 0.2) is 0 Å². The van der Waals surface area contributed by atoms with Gasteiger partial charge in [0.2, 0.25) is 0 Å². The lowest BCUT2D eigenvalue weighted by Crippen LogP contribution is -2.33. The summed E-state index contributed by atoms with van der Waals surface area (Å²) >= 11 is 3.41. The van der Waals surface area contributed by atoms with Crippen molar-refractivity contribution in [2.24, 2.45) is 5.92 Å². The number of aryl methyl sites for hydroxylation is 1. The summed E-state index contributed by atoms with van der Waals surface area (Å²) in [7, 11) is 1.58. The van der Waals surface area contributed by atoms with E-state index in [1.54, 1.807) is 19.2 Å². The van der Waals surface area contributed by atoms with Crippen molar-refractivity contribution in [1.82, 2.24) is 4.98 Å². The Bertz CT molecular complexity index is 1090. The number of ether oxygens (including phenoxy) is 1. The van der Waals surface area contributed by atoms with Crippen molar-refractivity contribution < 1.29 is 9.53 Å². The topological polar surface area (TPSA) is 54.5 Å². The van der Waals surface area contributed by atoms with Crippen molar-refractivity contribution in [3.8, 4) is 5.75 Å². The van der Waals surface area contributed by atoms with E-state index in [-0.39, 0.29) is 5.91 Å². The Morgan fingerprint density at radius 2 is 1.93 bits per heavy atom. The second kappa shape index (κ2) is 8.64. The number of carbonyl (C=O) groups is 1. The minimum absolute atomic E-state index is 0.176. The maximum atomic E-state index is 12.7. The molecule has 1 aliphatic heterocycles. The van der Waals surface area contributed by atoms with Crippen LogP contribution in [0.2, 0.25) is 0 Å². The number of carbonyl (C=O) groups excluding carboxylic acids is 1. The van der Waals surface area contributed by atoms with E-state index in [2.05, 4.69) is 46.1 Å². The molecular formula is C24H26BrN3O2. The number of benzene rings is 2. The molecule has 0 aliphatic carbocycles. The van der Waals surface area contributed by atoms with E-state index in [1.165, 1.54) is 12.8 Å². The van der Waals surface area contributed by atoms with Gasteiger partial charge in [-0.25, -0.2) is 4.98 Å². The van der Waals surface area contributed by atoms with Crippen molar-refractivity contribution in [1.29, 1.82) is 0 Å². The van der Waals surface area contributed by atoms with E-state index in [0.29, 0.717) is 11.3 Å². The normalized spacial score (nSPS) is 14.7. The van der Waals surface area contributed by atoms with Gasteiger partial charge in [-0.05, 0) is 89.6 Å². The number of pyridine rings is 1. The Kier molecular flexibility index (Phi) is 5.95. The Morgan fingerprint density at radius 3 is 2.67 bits per heavy atom. The van der Waals surface area contributed by atoms with Crippen LogP contribution in [0, 0.1) is 12.8 Å². The summed E-state index contributed by atoms with van der Waals surface area (Å²) in [6, 6.07) is 13.3. The van der Waals surface area contributed by atoms with Gasteiger partial charge in [0, 0.05) is 29.7 Å². The number of hydrogen-bond acceptors (Lipinski definition) is 4. The first-order valence-electron chi connectivity index (χ1n) is 10.3. The van der Waals surface area contributed by atoms with Crippen LogP contribution in [0.1, 0.15) is 35.7 Å². The third kappa shape index (κ3) is 4.29. The number of methoxy groups -OCH3 is 1. The maximum Gasteiger partial charge on any atom is 0.255 e. The average molecular weight is 468 g/mol. The van der Waals surface area contributed by atoms with Gasteiger partial charge in [0.25, 0.3) is 5.91 Å². The van der Waals surface area contributed by atoms with Gasteiger partial charge < -0.3 is 15.0 Å². The molecule has 30 heavy (non-hydrogen) atoms. The van der Waals surface area contributed by atoms with Crippen LogP contribution < -0.4 is 15.0 Å². The number of piperidine rings is 1. The molecule has 1 fully saturated rings. The summed E-state index contributed by atoms with van der Waals surface area (Å²) in [6.07, 6.45) is 2.43. The third-order valence-electron chi connectivity index (χ3n) is 5.78. The smallest absolute Gasteiger partial charge is 0.255 e. The van der Waals surface area contributed by atoms with Crippen LogP contribution in [0.15, 0.2) is 46.9 Å². The number of fused-ring (bicyclic) bond motifs is 1. The van der Waals surface area contributed by atoms with Crippen LogP contribution >= 0.6 is 15.9 Å². The number of amides is 1. The molecule has 2 heterocycles. The fourth-order valence-electron chi connectivity index (χ4n) is 3.86. The van der Waals surface area contributed by atoms with E-state index in [0.717, 1.165) is 51.5 Å². The molecule has 0 atom stereocenters. The molecule has 0 spiro atoms. The van der Waals surface area contributed by atoms with Gasteiger partial charge in [0.05, 0.1) is 17.1 Å². The third-order valence-corrected chi connectivity index (χ3v) is 6.44. The van der Waals surface area contributed by atoms with Gasteiger partial charge >= 0.3 is 0 Å². The SMILES string of the molecule is COc1cc(C(=O)Nc2ccc3nc(N4CCC(C)CC4)cc(C)c3c2)ccc1Br. The van der Waals surface area contributed by atoms with Crippen molar-refractivity contribution in [2.45, 2.75) is 26.7 Å². The monoisotopic (exact) mass is 467 g/mol. The first-order chi connectivity index (χ1) is 14.4. The summed E-state index contributed by atoms with van der Waals surface area (Å²) in [5, 5.41) is 4.03. The Labute approximate surface area is 185 Å². The second-order valence-electron chi connectivity index (χ2n) is 8.00. The van der Waals surface area contributed by atoms with Crippen molar-refractivity contribution in [3.63, 3.8) is 0 Å². The molecule has 3 aromatic rings. The van der Waals surface area contributed by atoms with Gasteiger partial charge in [-0.3, -0.25) is 4.79 Å². The number of nitrogens with one attached hydrogen (secondary N) is 1. The minimum Gasteiger partial charge on any atom is -0.496 e. The first kappa shape index (κ1) is 20.7. The van der Waals surface area contributed by atoms with Crippen LogP contribution in [0.5, 0.6) is 5.75 Å². The summed E-state index contributed by atoms with van der Waals surface area (Å²) in [4.78, 5) is 20.0. The summed E-state index contributed by atoms with van der Waals surface area (Å²) in [5.41, 5.74) is 3.40. The molecule has 0 bridgehead atoms. The highest BCUT2D eigenvalue weighted by molar-refractivity contribution is 9.10. The molecule has 4 rings (SSSR count). The Morgan fingerprint density at radius 1 is 1.17 bits per heavy atom. The number of hydrogen-bond donors (Lipinski definition) is 1. The zero-order valence-corrected chi connectivity index (χ0v) is 19.1. The second-order valence-corrected chi connectivity index (χ2v) is 8.86. The molecule has 0 radical (unpaired) electrons. The highest BCUT2D eigenvalue weighted by atomic mass is 79.9. The molecule has 2 aromatic carbocycles. The van der Waals surface area contributed by atoms with Crippen LogP contribution in [0.4, 0.5) is 11.5 Å². The van der Waals surface area contributed by atoms with Crippen molar-refractivity contribution in [2.75, 3.05) is 30.4 Å². The molecule has 5 nitrogen and oxygen atoms in total. The lowest BCUT2D eigenvalue weighted by molar-refractivity contribution is 0.102. The molecule has 1 saturated heterocycles. The molecular weight excluding hydrogens is 442 g/mol. The Hall–Kier alpha value is -2.60. The molecule has 1 aromatic heterocycles. The average Bonchev–Trinajstić information content (AvgIpc) is 2.75. The van der Waals surface area contributed by atoms with Crippen LogP contribution in [-0.4, -0.2) is 31.1 Å². The molecule has 0 unspecified atom stereocenters. The maximum absolute atomic E-state index is 12.7. The fraction of sp³-hybridized carbons (Fsp3) is 0.333. The highest BCUT2D eigenvalue weighted by Crippen LogP contribution is 2.29. The van der Waals surface area contributed by atoms with E-state index >= 15 is 0 Å². The van der Waals surface area contributed by atoms with E-state index in [1.807, 2.05) is 24.3 Å². The van der Waals surface area contributed by atoms with Crippen LogP contribution in [0.3, 0.4) is 0 Å². The van der Waals surface area contributed by atoms with Crippen molar-refractivity contribution >= 4 is 44.2 Å². The van der Waals surface area contributed by atoms with E-state index in [9.17, 15) is 4.79 Å². The lowest BCUT2D eigenvalue weighted by Gasteiger charge is -2.31. The van der Waals surface area contributed by atoms with Crippen LogP contribution in [0.25, 0.3) is 10.9 Å². The highest BCUT2D eigenvalue weighted by Gasteiger charge is 2.18. The zero-order chi connectivity index (χ0) is 21.3. The predicted molar refractivity (Wildman–Crippen MR) is 126 cm³/mol. The summed E-state index contributed by atoms with van der Waals surface area (Å²) in [6.45, 7) is 6.54. The summed E-state index contributed by atoms with van der Waals surface area (Å²) < 4.78 is 6.10. The summed E-state index contributed by atoms with van der Waals surface area (Å²) in [5.74, 6) is 2.29. The number of aromatic nitrogens is 1.